The topological polar surface area (TPSA) is 54.7 Å². The molecule has 1 aromatic heterocycles. The lowest BCUT2D eigenvalue weighted by molar-refractivity contribution is -0.184. The Labute approximate surface area is 171 Å². The van der Waals surface area contributed by atoms with Crippen molar-refractivity contribution >= 4 is 0 Å². The molecule has 0 spiro atoms. The van der Waals surface area contributed by atoms with Crippen LogP contribution in [-0.4, -0.2) is 41.8 Å². The van der Waals surface area contributed by atoms with Gasteiger partial charge in [0.2, 0.25) is 0 Å². The average molecular weight is 394 g/mol. The van der Waals surface area contributed by atoms with Gasteiger partial charge < -0.3 is 23.5 Å². The summed E-state index contributed by atoms with van der Waals surface area (Å²) in [5.74, 6) is 0.987. The predicted molar refractivity (Wildman–Crippen MR) is 109 cm³/mol. The number of ether oxygens (including phenoxy) is 4. The average Bonchev–Trinajstić information content (AvgIpc) is 3.43. The molecule has 0 N–H and O–H groups in total. The van der Waals surface area contributed by atoms with Crippen LogP contribution in [0.25, 0.3) is 0 Å². The molecule has 1 fully saturated rings. The third-order valence-electron chi connectivity index (χ3n) is 5.03. The Kier molecular flexibility index (Phi) is 6.12. The van der Waals surface area contributed by atoms with Crippen LogP contribution in [0.15, 0.2) is 73.3 Å². The van der Waals surface area contributed by atoms with Gasteiger partial charge in [0.25, 0.3) is 0 Å². The fourth-order valence-corrected chi connectivity index (χ4v) is 3.48. The number of aromatic nitrogens is 2. The molecular formula is C23H26N2O4. The van der Waals surface area contributed by atoms with Crippen molar-refractivity contribution in [2.24, 2.45) is 0 Å². The number of hydrogen-bond donors (Lipinski definition) is 0. The van der Waals surface area contributed by atoms with Crippen molar-refractivity contribution in [1.82, 2.24) is 9.55 Å². The Hall–Kier alpha value is -2.83. The summed E-state index contributed by atoms with van der Waals surface area (Å²) in [6.45, 7) is 1.55. The number of methoxy groups -OCH3 is 1. The van der Waals surface area contributed by atoms with Crippen LogP contribution in [0, 0.1) is 0 Å². The molecule has 0 amide bonds. The first kappa shape index (κ1) is 19.5. The molecule has 4 rings (SSSR count). The summed E-state index contributed by atoms with van der Waals surface area (Å²) >= 11 is 0. The molecule has 0 aliphatic carbocycles. The van der Waals surface area contributed by atoms with Crippen molar-refractivity contribution < 1.29 is 18.9 Å². The molecule has 1 aliphatic heterocycles. The summed E-state index contributed by atoms with van der Waals surface area (Å²) in [5, 5.41) is 0. The van der Waals surface area contributed by atoms with Gasteiger partial charge in [0, 0.05) is 18.8 Å². The third-order valence-corrected chi connectivity index (χ3v) is 5.03. The molecule has 6 nitrogen and oxygen atoms in total. The maximum Gasteiger partial charge on any atom is 0.187 e. The molecule has 3 aromatic rings. The van der Waals surface area contributed by atoms with E-state index >= 15 is 0 Å². The zero-order chi connectivity index (χ0) is 19.9. The quantitative estimate of drug-likeness (QED) is 0.554. The van der Waals surface area contributed by atoms with Crippen LogP contribution in [-0.2, 0) is 22.4 Å². The van der Waals surface area contributed by atoms with Gasteiger partial charge in [0.15, 0.2) is 5.79 Å². The smallest absolute Gasteiger partial charge is 0.187 e. The Morgan fingerprint density at radius 1 is 1.10 bits per heavy atom. The van der Waals surface area contributed by atoms with Crippen LogP contribution < -0.4 is 9.47 Å². The van der Waals surface area contributed by atoms with Gasteiger partial charge in [-0.15, -0.1) is 0 Å². The normalized spacial score (nSPS) is 21.2. The molecule has 0 bridgehead atoms. The van der Waals surface area contributed by atoms with E-state index in [2.05, 4.69) is 17.1 Å². The Morgan fingerprint density at radius 3 is 2.66 bits per heavy atom. The second kappa shape index (κ2) is 9.11. The number of rotatable bonds is 9. The van der Waals surface area contributed by atoms with Gasteiger partial charge in [0.05, 0.1) is 26.6 Å². The van der Waals surface area contributed by atoms with Crippen molar-refractivity contribution in [1.29, 1.82) is 0 Å². The fraction of sp³-hybridized carbons (Fsp3) is 0.348. The van der Waals surface area contributed by atoms with Gasteiger partial charge >= 0.3 is 0 Å². The van der Waals surface area contributed by atoms with Crippen LogP contribution in [0.4, 0.5) is 0 Å². The molecule has 2 atom stereocenters. The lowest BCUT2D eigenvalue weighted by Crippen LogP contribution is -2.37. The zero-order valence-electron chi connectivity index (χ0n) is 16.6. The molecule has 0 radical (unpaired) electrons. The molecule has 2 aromatic carbocycles. The van der Waals surface area contributed by atoms with E-state index in [0.29, 0.717) is 19.8 Å². The van der Waals surface area contributed by atoms with Crippen LogP contribution in [0.5, 0.6) is 11.5 Å². The number of imidazole rings is 1. The Morgan fingerprint density at radius 2 is 1.93 bits per heavy atom. The highest BCUT2D eigenvalue weighted by atomic mass is 16.8. The third kappa shape index (κ3) is 5.16. The standard InChI is InChI=1S/C23H26N2O4/c1-26-20-9-7-19(8-10-20)11-12-23(17-25-14-13-24-18-25)28-16-22(29-23)15-27-21-5-3-2-4-6-21/h2-10,13-14,18,22H,11-12,15-17H2,1H3. The summed E-state index contributed by atoms with van der Waals surface area (Å²) in [5.41, 5.74) is 1.21. The van der Waals surface area contributed by atoms with Crippen molar-refractivity contribution in [3.05, 3.63) is 78.9 Å². The molecule has 1 saturated heterocycles. The van der Waals surface area contributed by atoms with Gasteiger partial charge in [0.1, 0.15) is 24.2 Å². The number of aryl methyl sites for hydroxylation is 1. The van der Waals surface area contributed by atoms with Crippen molar-refractivity contribution in [3.8, 4) is 11.5 Å². The zero-order valence-corrected chi connectivity index (χ0v) is 16.6. The largest absolute Gasteiger partial charge is 0.497 e. The van der Waals surface area contributed by atoms with E-state index in [0.717, 1.165) is 24.3 Å². The number of hydrogen-bond acceptors (Lipinski definition) is 5. The van der Waals surface area contributed by atoms with Gasteiger partial charge in [-0.25, -0.2) is 4.98 Å². The van der Waals surface area contributed by atoms with Crippen LogP contribution in [0.3, 0.4) is 0 Å². The number of para-hydroxylation sites is 1. The molecular weight excluding hydrogens is 368 g/mol. The minimum absolute atomic E-state index is 0.116. The molecule has 2 unspecified atom stereocenters. The summed E-state index contributed by atoms with van der Waals surface area (Å²) in [6, 6.07) is 17.9. The number of nitrogens with zero attached hydrogens (tertiary/aromatic N) is 2. The monoisotopic (exact) mass is 394 g/mol. The van der Waals surface area contributed by atoms with Gasteiger partial charge in [-0.1, -0.05) is 30.3 Å². The van der Waals surface area contributed by atoms with Crippen LogP contribution in [0.1, 0.15) is 12.0 Å². The minimum Gasteiger partial charge on any atom is -0.497 e. The second-order valence-electron chi connectivity index (χ2n) is 7.17. The molecule has 152 valence electrons. The Balaban J connectivity index is 1.40. The first-order chi connectivity index (χ1) is 14.2. The lowest BCUT2D eigenvalue weighted by Gasteiger charge is -2.28. The first-order valence-corrected chi connectivity index (χ1v) is 9.83. The van der Waals surface area contributed by atoms with E-state index < -0.39 is 5.79 Å². The highest BCUT2D eigenvalue weighted by molar-refractivity contribution is 5.27. The van der Waals surface area contributed by atoms with Crippen LogP contribution in [0.2, 0.25) is 0 Å². The number of benzene rings is 2. The minimum atomic E-state index is -0.703. The SMILES string of the molecule is COc1ccc(CCC2(Cn3ccnc3)OCC(COc3ccccc3)O2)cc1. The van der Waals surface area contributed by atoms with E-state index in [9.17, 15) is 0 Å². The maximum atomic E-state index is 6.39. The van der Waals surface area contributed by atoms with Crippen molar-refractivity contribution in [3.63, 3.8) is 0 Å². The maximum absolute atomic E-state index is 6.39. The second-order valence-corrected chi connectivity index (χ2v) is 7.17. The first-order valence-electron chi connectivity index (χ1n) is 9.83. The molecule has 6 heteroatoms. The predicted octanol–water partition coefficient (Wildman–Crippen LogP) is 3.72. The van der Waals surface area contributed by atoms with E-state index in [4.69, 9.17) is 18.9 Å². The van der Waals surface area contributed by atoms with Crippen molar-refractivity contribution in [2.45, 2.75) is 31.3 Å². The van der Waals surface area contributed by atoms with Crippen molar-refractivity contribution in [2.75, 3.05) is 20.3 Å². The fourth-order valence-electron chi connectivity index (χ4n) is 3.48. The highest BCUT2D eigenvalue weighted by Gasteiger charge is 2.42. The van der Waals surface area contributed by atoms with Gasteiger partial charge in [-0.05, 0) is 36.2 Å². The summed E-state index contributed by atoms with van der Waals surface area (Å²) < 4.78 is 25.7. The van der Waals surface area contributed by atoms with Crippen LogP contribution >= 0.6 is 0 Å². The van der Waals surface area contributed by atoms with E-state index in [1.54, 1.807) is 19.6 Å². The molecule has 0 saturated carbocycles. The molecule has 29 heavy (non-hydrogen) atoms. The van der Waals surface area contributed by atoms with E-state index in [1.807, 2.05) is 53.2 Å². The molecule has 1 aliphatic rings. The molecule has 2 heterocycles. The highest BCUT2D eigenvalue weighted by Crippen LogP contribution is 2.31. The summed E-state index contributed by atoms with van der Waals surface area (Å²) in [4.78, 5) is 4.14. The van der Waals surface area contributed by atoms with Gasteiger partial charge in [-0.2, -0.15) is 0 Å². The summed E-state index contributed by atoms with van der Waals surface area (Å²) in [7, 11) is 1.67. The van der Waals surface area contributed by atoms with E-state index in [1.165, 1.54) is 5.56 Å². The summed E-state index contributed by atoms with van der Waals surface area (Å²) in [6.07, 6.45) is 6.94. The van der Waals surface area contributed by atoms with E-state index in [-0.39, 0.29) is 6.10 Å². The van der Waals surface area contributed by atoms with Gasteiger partial charge in [-0.3, -0.25) is 0 Å². The Bertz CT molecular complexity index is 868. The lowest BCUT2D eigenvalue weighted by atomic mass is 10.0.